The van der Waals surface area contributed by atoms with Gasteiger partial charge in [0.1, 0.15) is 6.33 Å². The van der Waals surface area contributed by atoms with Crippen LogP contribution in [0, 0.1) is 0 Å². The number of hydrogen-bond acceptors (Lipinski definition) is 3. The second kappa shape index (κ2) is 5.78. The van der Waals surface area contributed by atoms with Gasteiger partial charge in [0, 0.05) is 35.3 Å². The van der Waals surface area contributed by atoms with Crippen LogP contribution in [0.25, 0.3) is 6.08 Å². The minimum atomic E-state index is 0.0342. The zero-order chi connectivity index (χ0) is 15.8. The number of fused-ring (bicyclic) bond motifs is 4. The van der Waals surface area contributed by atoms with Crippen molar-refractivity contribution < 1.29 is 4.79 Å². The summed E-state index contributed by atoms with van der Waals surface area (Å²) in [5, 5.41) is 0.650. The molecule has 2 aliphatic heterocycles. The first-order chi connectivity index (χ1) is 11.2. The number of nitrogens with zero attached hydrogens (tertiary/aromatic N) is 3. The van der Waals surface area contributed by atoms with E-state index in [9.17, 15) is 4.79 Å². The van der Waals surface area contributed by atoms with Gasteiger partial charge in [-0.25, -0.2) is 9.97 Å². The zero-order valence-corrected chi connectivity index (χ0v) is 13.3. The zero-order valence-electron chi connectivity index (χ0n) is 12.5. The third-order valence-electron chi connectivity index (χ3n) is 4.68. The van der Waals surface area contributed by atoms with Crippen molar-refractivity contribution in [3.8, 4) is 0 Å². The van der Waals surface area contributed by atoms with E-state index in [1.54, 1.807) is 18.5 Å². The SMILES string of the molecule is O=C(/C=C/c1ccccc1Cl)N1C2CCC1c1cncnc1C2. The molecule has 0 aliphatic carbocycles. The number of halogens is 1. The lowest BCUT2D eigenvalue weighted by atomic mass is 9.99. The largest absolute Gasteiger partial charge is 0.329 e. The van der Waals surface area contributed by atoms with Gasteiger partial charge in [-0.2, -0.15) is 0 Å². The fourth-order valence-electron chi connectivity index (χ4n) is 3.62. The van der Waals surface area contributed by atoms with E-state index in [-0.39, 0.29) is 18.0 Å². The summed E-state index contributed by atoms with van der Waals surface area (Å²) < 4.78 is 0. The Kier molecular flexibility index (Phi) is 3.62. The first-order valence-electron chi connectivity index (χ1n) is 7.77. The molecule has 0 N–H and O–H groups in total. The molecule has 4 nitrogen and oxygen atoms in total. The number of rotatable bonds is 2. The molecule has 2 unspecified atom stereocenters. The number of hydrogen-bond donors (Lipinski definition) is 0. The molecule has 1 amide bonds. The molecule has 3 heterocycles. The van der Waals surface area contributed by atoms with E-state index >= 15 is 0 Å². The van der Waals surface area contributed by atoms with Crippen molar-refractivity contribution in [2.45, 2.75) is 31.3 Å². The molecule has 5 heteroatoms. The second-order valence-corrected chi connectivity index (χ2v) is 6.38. The van der Waals surface area contributed by atoms with E-state index in [4.69, 9.17) is 11.6 Å². The van der Waals surface area contributed by atoms with Crippen LogP contribution in [0.3, 0.4) is 0 Å². The molecule has 2 aliphatic rings. The highest BCUT2D eigenvalue weighted by molar-refractivity contribution is 6.32. The molecule has 0 spiro atoms. The van der Waals surface area contributed by atoms with Gasteiger partial charge >= 0.3 is 0 Å². The lowest BCUT2D eigenvalue weighted by molar-refractivity contribution is -0.129. The predicted octanol–water partition coefficient (Wildman–Crippen LogP) is 3.43. The molecule has 23 heavy (non-hydrogen) atoms. The summed E-state index contributed by atoms with van der Waals surface area (Å²) in [5.41, 5.74) is 3.04. The lowest BCUT2D eigenvalue weighted by Crippen LogP contribution is -2.41. The minimum Gasteiger partial charge on any atom is -0.329 e. The van der Waals surface area contributed by atoms with Gasteiger partial charge in [0.15, 0.2) is 0 Å². The van der Waals surface area contributed by atoms with Gasteiger partial charge in [0.25, 0.3) is 0 Å². The Labute approximate surface area is 139 Å². The Morgan fingerprint density at radius 3 is 3.04 bits per heavy atom. The second-order valence-electron chi connectivity index (χ2n) is 5.98. The third-order valence-corrected chi connectivity index (χ3v) is 5.03. The van der Waals surface area contributed by atoms with Crippen LogP contribution in [0.4, 0.5) is 0 Å². The summed E-state index contributed by atoms with van der Waals surface area (Å²) in [6.07, 6.45) is 9.69. The van der Waals surface area contributed by atoms with Crippen molar-refractivity contribution in [3.63, 3.8) is 0 Å². The van der Waals surface area contributed by atoms with E-state index in [2.05, 4.69) is 9.97 Å². The van der Waals surface area contributed by atoms with Crippen LogP contribution in [-0.2, 0) is 11.2 Å². The van der Waals surface area contributed by atoms with Crippen LogP contribution in [-0.4, -0.2) is 26.8 Å². The Morgan fingerprint density at radius 1 is 1.30 bits per heavy atom. The fourth-order valence-corrected chi connectivity index (χ4v) is 3.82. The molecule has 4 rings (SSSR count). The number of amides is 1. The Bertz CT molecular complexity index is 789. The molecule has 1 saturated heterocycles. The number of benzene rings is 1. The third kappa shape index (κ3) is 2.53. The van der Waals surface area contributed by atoms with Crippen molar-refractivity contribution in [2.24, 2.45) is 0 Å². The van der Waals surface area contributed by atoms with Crippen LogP contribution in [0.5, 0.6) is 0 Å². The van der Waals surface area contributed by atoms with Crippen LogP contribution in [0.15, 0.2) is 42.9 Å². The molecule has 1 aromatic heterocycles. The summed E-state index contributed by atoms with van der Waals surface area (Å²) >= 11 is 6.14. The van der Waals surface area contributed by atoms with E-state index in [0.29, 0.717) is 5.02 Å². The standard InChI is InChI=1S/C18H16ClN3O/c19-15-4-2-1-3-12(15)5-8-18(23)22-13-6-7-17(22)14-10-20-11-21-16(14)9-13/h1-5,8,10-11,13,17H,6-7,9H2/b8-5+. The van der Waals surface area contributed by atoms with Gasteiger partial charge in [-0.15, -0.1) is 0 Å². The van der Waals surface area contributed by atoms with E-state index < -0.39 is 0 Å². The van der Waals surface area contributed by atoms with E-state index in [0.717, 1.165) is 36.1 Å². The topological polar surface area (TPSA) is 46.1 Å². The first kappa shape index (κ1) is 14.4. The normalized spacial score (nSPS) is 22.4. The monoisotopic (exact) mass is 325 g/mol. The molecule has 2 aromatic rings. The van der Waals surface area contributed by atoms with Crippen LogP contribution in [0.2, 0.25) is 5.02 Å². The minimum absolute atomic E-state index is 0.0342. The highest BCUT2D eigenvalue weighted by Gasteiger charge is 2.42. The Morgan fingerprint density at radius 2 is 2.17 bits per heavy atom. The van der Waals surface area contributed by atoms with Crippen molar-refractivity contribution in [1.82, 2.24) is 14.9 Å². The average molecular weight is 326 g/mol. The van der Waals surface area contributed by atoms with Gasteiger partial charge in [-0.3, -0.25) is 4.79 Å². The molecule has 116 valence electrons. The summed E-state index contributed by atoms with van der Waals surface area (Å²) in [6, 6.07) is 7.86. The number of carbonyl (C=O) groups is 1. The molecule has 0 radical (unpaired) electrons. The summed E-state index contributed by atoms with van der Waals surface area (Å²) in [7, 11) is 0. The number of carbonyl (C=O) groups excluding carboxylic acids is 1. The molecule has 0 saturated carbocycles. The van der Waals surface area contributed by atoms with Crippen molar-refractivity contribution in [2.75, 3.05) is 0 Å². The van der Waals surface area contributed by atoms with Crippen LogP contribution < -0.4 is 0 Å². The molecular weight excluding hydrogens is 310 g/mol. The predicted molar refractivity (Wildman–Crippen MR) is 88.8 cm³/mol. The first-order valence-corrected chi connectivity index (χ1v) is 8.15. The van der Waals surface area contributed by atoms with E-state index in [1.165, 1.54) is 0 Å². The average Bonchev–Trinajstić information content (AvgIpc) is 2.89. The summed E-state index contributed by atoms with van der Waals surface area (Å²) in [4.78, 5) is 23.2. The van der Waals surface area contributed by atoms with Gasteiger partial charge in [0.2, 0.25) is 5.91 Å². The summed E-state index contributed by atoms with van der Waals surface area (Å²) in [6.45, 7) is 0. The molecule has 1 fully saturated rings. The maximum absolute atomic E-state index is 12.7. The van der Waals surface area contributed by atoms with Crippen molar-refractivity contribution >= 4 is 23.6 Å². The van der Waals surface area contributed by atoms with Gasteiger partial charge in [0.05, 0.1) is 11.7 Å². The van der Waals surface area contributed by atoms with Crippen molar-refractivity contribution in [3.05, 3.63) is 64.7 Å². The molecule has 2 bridgehead atoms. The highest BCUT2D eigenvalue weighted by Crippen LogP contribution is 2.42. The van der Waals surface area contributed by atoms with E-state index in [1.807, 2.05) is 35.4 Å². The fraction of sp³-hybridized carbons (Fsp3) is 0.278. The van der Waals surface area contributed by atoms with Crippen LogP contribution >= 0.6 is 11.6 Å². The molecular formula is C18H16ClN3O. The van der Waals surface area contributed by atoms with Crippen molar-refractivity contribution in [1.29, 1.82) is 0 Å². The highest BCUT2D eigenvalue weighted by atomic mass is 35.5. The maximum Gasteiger partial charge on any atom is 0.247 e. The molecule has 2 atom stereocenters. The lowest BCUT2D eigenvalue weighted by Gasteiger charge is -2.34. The number of aromatic nitrogens is 2. The van der Waals surface area contributed by atoms with Gasteiger partial charge < -0.3 is 4.90 Å². The maximum atomic E-state index is 12.7. The Balaban J connectivity index is 1.60. The van der Waals surface area contributed by atoms with Crippen LogP contribution in [0.1, 0.15) is 35.7 Å². The Hall–Kier alpha value is -2.20. The smallest absolute Gasteiger partial charge is 0.247 e. The summed E-state index contributed by atoms with van der Waals surface area (Å²) in [5.74, 6) is 0.0342. The molecule has 1 aromatic carbocycles. The van der Waals surface area contributed by atoms with Gasteiger partial charge in [-0.05, 0) is 30.5 Å². The quantitative estimate of drug-likeness (QED) is 0.795. The van der Waals surface area contributed by atoms with Gasteiger partial charge in [-0.1, -0.05) is 29.8 Å².